The van der Waals surface area contributed by atoms with Gasteiger partial charge in [0.05, 0.1) is 0 Å². The Balaban J connectivity index is 2.14. The zero-order valence-electron chi connectivity index (χ0n) is 11.4. The summed E-state index contributed by atoms with van der Waals surface area (Å²) in [4.78, 5) is 0.178. The first-order valence-electron chi connectivity index (χ1n) is 6.25. The van der Waals surface area contributed by atoms with Crippen LogP contribution in [0.1, 0.15) is 22.3 Å². The third kappa shape index (κ3) is 3.54. The van der Waals surface area contributed by atoms with E-state index >= 15 is 0 Å². The van der Waals surface area contributed by atoms with E-state index < -0.39 is 0 Å². The molecule has 2 aromatic carbocycles. The Bertz CT molecular complexity index is 655. The molecular formula is C16H16FNOS. The third-order valence-corrected chi connectivity index (χ3v) is 3.36. The first kappa shape index (κ1) is 14.5. The molecule has 0 radical (unpaired) electrons. The number of thiocarbonyl (C=S) groups is 1. The Kier molecular flexibility index (Phi) is 4.35. The molecule has 2 aromatic rings. The summed E-state index contributed by atoms with van der Waals surface area (Å²) >= 11 is 4.86. The summed E-state index contributed by atoms with van der Waals surface area (Å²) in [7, 11) is 0. The van der Waals surface area contributed by atoms with Gasteiger partial charge < -0.3 is 10.5 Å². The van der Waals surface area contributed by atoms with E-state index in [2.05, 4.69) is 0 Å². The van der Waals surface area contributed by atoms with E-state index in [9.17, 15) is 4.39 Å². The topological polar surface area (TPSA) is 35.2 Å². The second-order valence-corrected chi connectivity index (χ2v) is 5.19. The molecule has 0 fully saturated rings. The summed E-state index contributed by atoms with van der Waals surface area (Å²) in [5, 5.41) is 0. The van der Waals surface area contributed by atoms with Gasteiger partial charge in [0.15, 0.2) is 0 Å². The van der Waals surface area contributed by atoms with Gasteiger partial charge in [0.2, 0.25) is 0 Å². The first-order valence-corrected chi connectivity index (χ1v) is 6.66. The molecule has 4 heteroatoms. The predicted octanol–water partition coefficient (Wildman–Crippen LogP) is 3.66. The van der Waals surface area contributed by atoms with Crippen molar-refractivity contribution < 1.29 is 9.13 Å². The Morgan fingerprint density at radius 2 is 1.90 bits per heavy atom. The van der Waals surface area contributed by atoms with Crippen LogP contribution >= 0.6 is 12.2 Å². The fourth-order valence-corrected chi connectivity index (χ4v) is 1.96. The van der Waals surface area contributed by atoms with Crippen LogP contribution in [0.3, 0.4) is 0 Å². The van der Waals surface area contributed by atoms with Crippen LogP contribution in [0.15, 0.2) is 36.4 Å². The smallest absolute Gasteiger partial charge is 0.124 e. The number of benzene rings is 2. The predicted molar refractivity (Wildman–Crippen MR) is 82.5 cm³/mol. The molecule has 20 heavy (non-hydrogen) atoms. The van der Waals surface area contributed by atoms with Crippen LogP contribution in [0.5, 0.6) is 5.75 Å². The van der Waals surface area contributed by atoms with Crippen molar-refractivity contribution in [2.75, 3.05) is 0 Å². The lowest BCUT2D eigenvalue weighted by atomic mass is 10.1. The maximum absolute atomic E-state index is 13.5. The summed E-state index contributed by atoms with van der Waals surface area (Å²) in [6, 6.07) is 10.3. The van der Waals surface area contributed by atoms with Gasteiger partial charge in [0.1, 0.15) is 23.2 Å². The maximum atomic E-state index is 13.5. The molecule has 0 aliphatic heterocycles. The molecule has 0 spiro atoms. The van der Waals surface area contributed by atoms with Gasteiger partial charge in [0, 0.05) is 5.56 Å². The standard InChI is InChI=1S/C16H16FNOS/c1-10-3-4-15(5-11(10)2)19-9-12-6-13(16(18)20)8-14(17)7-12/h3-8H,9H2,1-2H3,(H2,18,20). The van der Waals surface area contributed by atoms with Crippen LogP contribution in [0.25, 0.3) is 0 Å². The normalized spacial score (nSPS) is 10.3. The minimum Gasteiger partial charge on any atom is -0.489 e. The molecule has 0 unspecified atom stereocenters. The Morgan fingerprint density at radius 3 is 2.55 bits per heavy atom. The van der Waals surface area contributed by atoms with Crippen molar-refractivity contribution in [2.45, 2.75) is 20.5 Å². The van der Waals surface area contributed by atoms with Gasteiger partial charge in [-0.25, -0.2) is 4.39 Å². The highest BCUT2D eigenvalue weighted by molar-refractivity contribution is 7.80. The quantitative estimate of drug-likeness (QED) is 0.873. The molecule has 2 N–H and O–H groups in total. The highest BCUT2D eigenvalue weighted by atomic mass is 32.1. The average Bonchev–Trinajstić information content (AvgIpc) is 2.39. The minimum absolute atomic E-state index is 0.178. The number of aryl methyl sites for hydroxylation is 2. The largest absolute Gasteiger partial charge is 0.489 e. The molecule has 0 saturated heterocycles. The number of rotatable bonds is 4. The Labute approximate surface area is 123 Å². The average molecular weight is 289 g/mol. The molecule has 0 heterocycles. The highest BCUT2D eigenvalue weighted by Crippen LogP contribution is 2.18. The number of ether oxygens (including phenoxy) is 1. The van der Waals surface area contributed by atoms with Crippen LogP contribution in [0, 0.1) is 19.7 Å². The fourth-order valence-electron chi connectivity index (χ4n) is 1.85. The molecule has 104 valence electrons. The van der Waals surface area contributed by atoms with Gasteiger partial charge >= 0.3 is 0 Å². The molecule has 0 aliphatic rings. The zero-order chi connectivity index (χ0) is 14.7. The monoisotopic (exact) mass is 289 g/mol. The molecule has 2 nitrogen and oxygen atoms in total. The Morgan fingerprint density at radius 1 is 1.15 bits per heavy atom. The number of hydrogen-bond donors (Lipinski definition) is 1. The van der Waals surface area contributed by atoms with E-state index in [-0.39, 0.29) is 17.4 Å². The molecule has 0 saturated carbocycles. The minimum atomic E-state index is -0.367. The second-order valence-electron chi connectivity index (χ2n) is 4.75. The van der Waals surface area contributed by atoms with Crippen LogP contribution in [0.4, 0.5) is 4.39 Å². The van der Waals surface area contributed by atoms with E-state index in [1.54, 1.807) is 6.07 Å². The van der Waals surface area contributed by atoms with E-state index in [1.807, 2.05) is 32.0 Å². The van der Waals surface area contributed by atoms with Crippen molar-refractivity contribution in [3.8, 4) is 5.75 Å². The summed E-state index contributed by atoms with van der Waals surface area (Å²) in [6.45, 7) is 4.34. The lowest BCUT2D eigenvalue weighted by Gasteiger charge is -2.09. The first-order chi connectivity index (χ1) is 9.45. The van der Waals surface area contributed by atoms with Crippen molar-refractivity contribution in [3.63, 3.8) is 0 Å². The second kappa shape index (κ2) is 6.01. The van der Waals surface area contributed by atoms with Crippen LogP contribution in [-0.4, -0.2) is 4.99 Å². The summed E-state index contributed by atoms with van der Waals surface area (Å²) in [6.07, 6.45) is 0. The molecule has 0 bridgehead atoms. The van der Waals surface area contributed by atoms with E-state index in [0.29, 0.717) is 11.1 Å². The molecule has 0 aromatic heterocycles. The fraction of sp³-hybridized carbons (Fsp3) is 0.188. The van der Waals surface area contributed by atoms with Crippen molar-refractivity contribution in [2.24, 2.45) is 5.73 Å². The van der Waals surface area contributed by atoms with E-state index in [1.165, 1.54) is 17.7 Å². The van der Waals surface area contributed by atoms with Gasteiger partial charge in [-0.2, -0.15) is 0 Å². The van der Waals surface area contributed by atoms with Gasteiger partial charge in [-0.15, -0.1) is 0 Å². The van der Waals surface area contributed by atoms with Crippen LogP contribution in [-0.2, 0) is 6.61 Å². The molecule has 0 aliphatic carbocycles. The summed E-state index contributed by atoms with van der Waals surface area (Å²) < 4.78 is 19.1. The summed E-state index contributed by atoms with van der Waals surface area (Å²) in [5.41, 5.74) is 9.10. The number of hydrogen-bond acceptors (Lipinski definition) is 2. The SMILES string of the molecule is Cc1ccc(OCc2cc(F)cc(C(N)=S)c2)cc1C. The zero-order valence-corrected chi connectivity index (χ0v) is 12.3. The lowest BCUT2D eigenvalue weighted by molar-refractivity contribution is 0.305. The van der Waals surface area contributed by atoms with Gasteiger partial charge in [0.25, 0.3) is 0 Å². The van der Waals surface area contributed by atoms with Gasteiger partial charge in [-0.05, 0) is 60.9 Å². The lowest BCUT2D eigenvalue weighted by Crippen LogP contribution is -2.10. The van der Waals surface area contributed by atoms with Crippen LogP contribution < -0.4 is 10.5 Å². The Hall–Kier alpha value is -1.94. The van der Waals surface area contributed by atoms with E-state index in [0.717, 1.165) is 11.3 Å². The van der Waals surface area contributed by atoms with Crippen molar-refractivity contribution in [1.82, 2.24) is 0 Å². The number of halogens is 1. The maximum Gasteiger partial charge on any atom is 0.124 e. The van der Waals surface area contributed by atoms with Crippen LogP contribution in [0.2, 0.25) is 0 Å². The van der Waals surface area contributed by atoms with Gasteiger partial charge in [-0.3, -0.25) is 0 Å². The summed E-state index contributed by atoms with van der Waals surface area (Å²) in [5.74, 6) is 0.392. The molecule has 2 rings (SSSR count). The molecule has 0 atom stereocenters. The van der Waals surface area contributed by atoms with Crippen molar-refractivity contribution in [1.29, 1.82) is 0 Å². The van der Waals surface area contributed by atoms with Crippen molar-refractivity contribution >= 4 is 17.2 Å². The molecular weight excluding hydrogens is 273 g/mol. The highest BCUT2D eigenvalue weighted by Gasteiger charge is 2.04. The number of nitrogens with two attached hydrogens (primary N) is 1. The van der Waals surface area contributed by atoms with Crippen molar-refractivity contribution in [3.05, 3.63) is 64.5 Å². The van der Waals surface area contributed by atoms with E-state index in [4.69, 9.17) is 22.7 Å². The molecule has 0 amide bonds. The van der Waals surface area contributed by atoms with Gasteiger partial charge in [-0.1, -0.05) is 18.3 Å². The third-order valence-electron chi connectivity index (χ3n) is 3.13.